The van der Waals surface area contributed by atoms with E-state index in [0.717, 1.165) is 10.0 Å². The fraction of sp³-hybridized carbons (Fsp3) is 0.133. The predicted octanol–water partition coefficient (Wildman–Crippen LogP) is 4.56. The highest BCUT2D eigenvalue weighted by Gasteiger charge is 2.06. The van der Waals surface area contributed by atoms with Crippen LogP contribution in [0.15, 0.2) is 40.9 Å². The Labute approximate surface area is 130 Å². The predicted molar refractivity (Wildman–Crippen MR) is 81.2 cm³/mol. The lowest BCUT2D eigenvalue weighted by Crippen LogP contribution is -1.98. The van der Waals surface area contributed by atoms with Crippen molar-refractivity contribution < 1.29 is 9.47 Å². The summed E-state index contributed by atoms with van der Waals surface area (Å²) in [6.07, 6.45) is 0. The van der Waals surface area contributed by atoms with Crippen LogP contribution < -0.4 is 9.47 Å². The highest BCUT2D eigenvalue weighted by atomic mass is 79.9. The lowest BCUT2D eigenvalue weighted by atomic mass is 10.1. The molecule has 0 unspecified atom stereocenters. The van der Waals surface area contributed by atoms with Crippen LogP contribution in [0.3, 0.4) is 0 Å². The van der Waals surface area contributed by atoms with Gasteiger partial charge in [-0.05, 0) is 35.9 Å². The van der Waals surface area contributed by atoms with Gasteiger partial charge in [-0.25, -0.2) is 0 Å². The Hall–Kier alpha value is -1.70. The van der Waals surface area contributed by atoms with E-state index in [4.69, 9.17) is 26.3 Å². The van der Waals surface area contributed by atoms with E-state index in [0.29, 0.717) is 28.7 Å². The number of rotatable bonds is 4. The van der Waals surface area contributed by atoms with E-state index in [1.54, 1.807) is 18.2 Å². The molecule has 0 saturated carbocycles. The molecule has 0 N–H and O–H groups in total. The van der Waals surface area contributed by atoms with Crippen molar-refractivity contribution in [2.75, 3.05) is 7.11 Å². The second-order valence-electron chi connectivity index (χ2n) is 4.01. The van der Waals surface area contributed by atoms with E-state index >= 15 is 0 Å². The third kappa shape index (κ3) is 3.44. The largest absolute Gasteiger partial charge is 0.495 e. The first-order valence-electron chi connectivity index (χ1n) is 5.79. The first-order valence-corrected chi connectivity index (χ1v) is 6.96. The van der Waals surface area contributed by atoms with E-state index < -0.39 is 0 Å². The van der Waals surface area contributed by atoms with Crippen molar-refractivity contribution in [3.63, 3.8) is 0 Å². The summed E-state index contributed by atoms with van der Waals surface area (Å²) in [6.45, 7) is 0.345. The molecule has 102 valence electrons. The molecule has 2 aromatic rings. The fourth-order valence-corrected chi connectivity index (χ4v) is 2.18. The van der Waals surface area contributed by atoms with E-state index in [-0.39, 0.29) is 0 Å². The normalized spacial score (nSPS) is 9.90. The minimum Gasteiger partial charge on any atom is -0.495 e. The Bertz CT molecular complexity index is 667. The molecule has 0 aliphatic heterocycles. The van der Waals surface area contributed by atoms with Gasteiger partial charge in [0.25, 0.3) is 0 Å². The number of benzene rings is 2. The van der Waals surface area contributed by atoms with Gasteiger partial charge in [-0.2, -0.15) is 5.26 Å². The average Bonchev–Trinajstić information content (AvgIpc) is 2.47. The van der Waals surface area contributed by atoms with Gasteiger partial charge in [0.05, 0.1) is 17.7 Å². The van der Waals surface area contributed by atoms with E-state index in [1.807, 2.05) is 18.2 Å². The van der Waals surface area contributed by atoms with Gasteiger partial charge in [-0.1, -0.05) is 33.6 Å². The third-order valence-corrected chi connectivity index (χ3v) is 3.48. The molecule has 0 aromatic heterocycles. The molecule has 3 nitrogen and oxygen atoms in total. The molecular weight excluding hydrogens is 342 g/mol. The van der Waals surface area contributed by atoms with Crippen molar-refractivity contribution in [3.05, 3.63) is 57.0 Å². The Kier molecular flexibility index (Phi) is 4.89. The number of ether oxygens (including phenoxy) is 2. The van der Waals surface area contributed by atoms with Crippen molar-refractivity contribution in [1.82, 2.24) is 0 Å². The van der Waals surface area contributed by atoms with Gasteiger partial charge < -0.3 is 9.47 Å². The molecule has 0 spiro atoms. The average molecular weight is 353 g/mol. The number of methoxy groups -OCH3 is 1. The highest BCUT2D eigenvalue weighted by Crippen LogP contribution is 2.29. The van der Waals surface area contributed by atoms with Crippen LogP contribution in [0.1, 0.15) is 11.1 Å². The molecule has 20 heavy (non-hydrogen) atoms. The summed E-state index contributed by atoms with van der Waals surface area (Å²) >= 11 is 9.42. The molecule has 0 heterocycles. The molecule has 0 aliphatic rings. The summed E-state index contributed by atoms with van der Waals surface area (Å²) in [5.41, 5.74) is 1.40. The number of hydrogen-bond acceptors (Lipinski definition) is 3. The van der Waals surface area contributed by atoms with Crippen molar-refractivity contribution in [1.29, 1.82) is 5.26 Å². The molecule has 0 aliphatic carbocycles. The SMILES string of the molecule is COc1cc(COc2cc(Br)ccc2Cl)ccc1C#N. The van der Waals surface area contributed by atoms with Crippen molar-refractivity contribution in [3.8, 4) is 17.6 Å². The van der Waals surface area contributed by atoms with Gasteiger partial charge in [-0.15, -0.1) is 0 Å². The zero-order chi connectivity index (χ0) is 14.5. The quantitative estimate of drug-likeness (QED) is 0.810. The number of hydrogen-bond donors (Lipinski definition) is 0. The van der Waals surface area contributed by atoms with Crippen molar-refractivity contribution in [2.24, 2.45) is 0 Å². The van der Waals surface area contributed by atoms with Crippen LogP contribution in [-0.4, -0.2) is 7.11 Å². The summed E-state index contributed by atoms with van der Waals surface area (Å²) in [7, 11) is 1.53. The van der Waals surface area contributed by atoms with Gasteiger partial charge in [0.1, 0.15) is 24.2 Å². The van der Waals surface area contributed by atoms with Gasteiger partial charge in [0.2, 0.25) is 0 Å². The van der Waals surface area contributed by atoms with E-state index in [2.05, 4.69) is 22.0 Å². The monoisotopic (exact) mass is 351 g/mol. The Morgan fingerprint density at radius 1 is 1.20 bits per heavy atom. The minimum absolute atomic E-state index is 0.345. The number of halogens is 2. The standard InChI is InChI=1S/C15H11BrClNO2/c1-19-14-6-10(2-3-11(14)8-18)9-20-15-7-12(16)4-5-13(15)17/h2-7H,9H2,1H3. The second kappa shape index (κ2) is 6.65. The third-order valence-electron chi connectivity index (χ3n) is 2.67. The smallest absolute Gasteiger partial charge is 0.139 e. The summed E-state index contributed by atoms with van der Waals surface area (Å²) in [6, 6.07) is 12.8. The topological polar surface area (TPSA) is 42.2 Å². The van der Waals surface area contributed by atoms with Crippen molar-refractivity contribution in [2.45, 2.75) is 6.61 Å². The molecule has 0 saturated heterocycles. The maximum absolute atomic E-state index is 8.93. The molecular formula is C15H11BrClNO2. The first kappa shape index (κ1) is 14.7. The molecule has 0 atom stereocenters. The zero-order valence-corrected chi connectivity index (χ0v) is 13.0. The molecule has 2 rings (SSSR count). The molecule has 0 fully saturated rings. The van der Waals surface area contributed by atoms with E-state index in [1.165, 1.54) is 7.11 Å². The summed E-state index contributed by atoms with van der Waals surface area (Å²) in [5, 5.41) is 9.48. The summed E-state index contributed by atoms with van der Waals surface area (Å²) in [4.78, 5) is 0. The molecule has 5 heteroatoms. The van der Waals surface area contributed by atoms with Crippen LogP contribution in [0.5, 0.6) is 11.5 Å². The Morgan fingerprint density at radius 3 is 2.70 bits per heavy atom. The maximum atomic E-state index is 8.93. The lowest BCUT2D eigenvalue weighted by molar-refractivity contribution is 0.305. The van der Waals surface area contributed by atoms with Crippen molar-refractivity contribution >= 4 is 27.5 Å². The van der Waals surface area contributed by atoms with Crippen LogP contribution in [0.2, 0.25) is 5.02 Å². The molecule has 0 amide bonds. The summed E-state index contributed by atoms with van der Waals surface area (Å²) in [5.74, 6) is 1.14. The van der Waals surface area contributed by atoms with Crippen LogP contribution in [0, 0.1) is 11.3 Å². The van der Waals surface area contributed by atoms with Crippen LogP contribution in [0.4, 0.5) is 0 Å². The molecule has 2 aromatic carbocycles. The van der Waals surface area contributed by atoms with E-state index in [9.17, 15) is 0 Å². The highest BCUT2D eigenvalue weighted by molar-refractivity contribution is 9.10. The van der Waals surface area contributed by atoms with Crippen LogP contribution in [-0.2, 0) is 6.61 Å². The number of nitriles is 1. The van der Waals surface area contributed by atoms with Gasteiger partial charge >= 0.3 is 0 Å². The molecule has 0 radical (unpaired) electrons. The minimum atomic E-state index is 0.345. The zero-order valence-electron chi connectivity index (χ0n) is 10.7. The van der Waals surface area contributed by atoms with Gasteiger partial charge in [0, 0.05) is 4.47 Å². The van der Waals surface area contributed by atoms with Crippen LogP contribution in [0.25, 0.3) is 0 Å². The summed E-state index contributed by atoms with van der Waals surface area (Å²) < 4.78 is 11.7. The Morgan fingerprint density at radius 2 is 2.00 bits per heavy atom. The fourth-order valence-electron chi connectivity index (χ4n) is 1.67. The lowest BCUT2D eigenvalue weighted by Gasteiger charge is -2.10. The molecule has 0 bridgehead atoms. The maximum Gasteiger partial charge on any atom is 0.139 e. The Balaban J connectivity index is 2.15. The van der Waals surface area contributed by atoms with Gasteiger partial charge in [-0.3, -0.25) is 0 Å². The number of nitrogens with zero attached hydrogens (tertiary/aromatic N) is 1. The van der Waals surface area contributed by atoms with Gasteiger partial charge in [0.15, 0.2) is 0 Å². The second-order valence-corrected chi connectivity index (χ2v) is 5.33. The first-order chi connectivity index (χ1) is 9.63. The van der Waals surface area contributed by atoms with Crippen LogP contribution >= 0.6 is 27.5 Å².